The van der Waals surface area contributed by atoms with Gasteiger partial charge in [0.15, 0.2) is 11.6 Å². The maximum absolute atomic E-state index is 5.21. The molecule has 1 rings (SSSR count). The average molecular weight is 166 g/mol. The number of aliphatic imine (C=N–C) groups is 1. The van der Waals surface area contributed by atoms with Gasteiger partial charge in [0.1, 0.15) is 0 Å². The molecule has 1 heterocycles. The van der Waals surface area contributed by atoms with E-state index in [0.717, 1.165) is 24.7 Å². The molecular formula is C9H14N2O. The molecule has 1 aromatic heterocycles. The van der Waals surface area contributed by atoms with Crippen molar-refractivity contribution in [2.75, 3.05) is 13.1 Å². The van der Waals surface area contributed by atoms with Gasteiger partial charge in [-0.25, -0.2) is 0 Å². The van der Waals surface area contributed by atoms with E-state index in [1.54, 1.807) is 6.26 Å². The second-order valence-corrected chi connectivity index (χ2v) is 2.33. The fourth-order valence-electron chi connectivity index (χ4n) is 0.960. The molecular weight excluding hydrogens is 152 g/mol. The van der Waals surface area contributed by atoms with E-state index in [1.807, 2.05) is 26.0 Å². The topological polar surface area (TPSA) is 37.5 Å². The van der Waals surface area contributed by atoms with E-state index < -0.39 is 0 Å². The van der Waals surface area contributed by atoms with Crippen LogP contribution in [0.15, 0.2) is 27.8 Å². The van der Waals surface area contributed by atoms with Crippen LogP contribution in [0.4, 0.5) is 0 Å². The van der Waals surface area contributed by atoms with Crippen molar-refractivity contribution in [1.82, 2.24) is 5.32 Å². The van der Waals surface area contributed by atoms with E-state index in [-0.39, 0.29) is 0 Å². The lowest BCUT2D eigenvalue weighted by atomic mass is 10.4. The summed E-state index contributed by atoms with van der Waals surface area (Å²) in [6.45, 7) is 5.66. The molecule has 0 fully saturated rings. The lowest BCUT2D eigenvalue weighted by Crippen LogP contribution is -2.23. The molecule has 0 aliphatic heterocycles. The Kier molecular flexibility index (Phi) is 3.38. The van der Waals surface area contributed by atoms with Crippen molar-refractivity contribution in [3.05, 3.63) is 24.2 Å². The predicted octanol–water partition coefficient (Wildman–Crippen LogP) is 1.66. The quantitative estimate of drug-likeness (QED) is 0.547. The summed E-state index contributed by atoms with van der Waals surface area (Å²) in [6.07, 6.45) is 1.65. The Morgan fingerprint density at radius 2 is 2.42 bits per heavy atom. The normalized spacial score (nSPS) is 11.7. The van der Waals surface area contributed by atoms with Crippen LogP contribution in [-0.4, -0.2) is 18.9 Å². The van der Waals surface area contributed by atoms with Gasteiger partial charge in [0.05, 0.1) is 6.26 Å². The van der Waals surface area contributed by atoms with E-state index in [0.29, 0.717) is 0 Å². The SMILES string of the molecule is CCN=C(NCC)c1ccco1. The van der Waals surface area contributed by atoms with Gasteiger partial charge in [-0.2, -0.15) is 0 Å². The Bertz CT molecular complexity index is 239. The number of nitrogens with zero attached hydrogens (tertiary/aromatic N) is 1. The molecule has 0 aromatic carbocycles. The summed E-state index contributed by atoms with van der Waals surface area (Å²) < 4.78 is 5.21. The van der Waals surface area contributed by atoms with Gasteiger partial charge in [-0.15, -0.1) is 0 Å². The highest BCUT2D eigenvalue weighted by Crippen LogP contribution is 2.00. The Morgan fingerprint density at radius 1 is 1.58 bits per heavy atom. The minimum atomic E-state index is 0.767. The largest absolute Gasteiger partial charge is 0.461 e. The highest BCUT2D eigenvalue weighted by Gasteiger charge is 2.02. The van der Waals surface area contributed by atoms with Crippen molar-refractivity contribution in [2.24, 2.45) is 4.99 Å². The molecule has 0 atom stereocenters. The van der Waals surface area contributed by atoms with E-state index >= 15 is 0 Å². The van der Waals surface area contributed by atoms with Crippen molar-refractivity contribution >= 4 is 5.84 Å². The minimum Gasteiger partial charge on any atom is -0.461 e. The molecule has 0 spiro atoms. The molecule has 1 aromatic rings. The third kappa shape index (κ3) is 2.12. The Balaban J connectivity index is 2.73. The first-order valence-corrected chi connectivity index (χ1v) is 4.20. The zero-order valence-electron chi connectivity index (χ0n) is 7.50. The van der Waals surface area contributed by atoms with Gasteiger partial charge in [0.2, 0.25) is 0 Å². The van der Waals surface area contributed by atoms with Crippen LogP contribution in [0.25, 0.3) is 0 Å². The monoisotopic (exact) mass is 166 g/mol. The molecule has 3 nitrogen and oxygen atoms in total. The van der Waals surface area contributed by atoms with Crippen LogP contribution in [0.5, 0.6) is 0 Å². The van der Waals surface area contributed by atoms with Crippen LogP contribution in [-0.2, 0) is 0 Å². The van der Waals surface area contributed by atoms with Crippen LogP contribution < -0.4 is 5.32 Å². The molecule has 12 heavy (non-hydrogen) atoms. The fraction of sp³-hybridized carbons (Fsp3) is 0.444. The van der Waals surface area contributed by atoms with Crippen molar-refractivity contribution < 1.29 is 4.42 Å². The maximum atomic E-state index is 5.21. The summed E-state index contributed by atoms with van der Waals surface area (Å²) >= 11 is 0. The second-order valence-electron chi connectivity index (χ2n) is 2.33. The summed E-state index contributed by atoms with van der Waals surface area (Å²) in [5, 5.41) is 3.14. The van der Waals surface area contributed by atoms with Crippen LogP contribution in [0.3, 0.4) is 0 Å². The Morgan fingerprint density at radius 3 is 2.92 bits per heavy atom. The standard InChI is InChI=1S/C9H14N2O/c1-3-10-9(11-4-2)8-6-5-7-12-8/h5-7H,3-4H2,1-2H3,(H,10,11). The average Bonchev–Trinajstić information content (AvgIpc) is 2.56. The van der Waals surface area contributed by atoms with Crippen LogP contribution in [0, 0.1) is 0 Å². The summed E-state index contributed by atoms with van der Waals surface area (Å²) in [4.78, 5) is 4.27. The number of hydrogen-bond donors (Lipinski definition) is 1. The van der Waals surface area contributed by atoms with E-state index in [9.17, 15) is 0 Å². The van der Waals surface area contributed by atoms with Crippen LogP contribution in [0.2, 0.25) is 0 Å². The lowest BCUT2D eigenvalue weighted by molar-refractivity contribution is 0.553. The van der Waals surface area contributed by atoms with E-state index in [1.165, 1.54) is 0 Å². The number of rotatable bonds is 3. The molecule has 0 aliphatic carbocycles. The summed E-state index contributed by atoms with van der Waals surface area (Å²) in [7, 11) is 0. The fourth-order valence-corrected chi connectivity index (χ4v) is 0.960. The Hall–Kier alpha value is -1.25. The highest BCUT2D eigenvalue weighted by atomic mass is 16.3. The van der Waals surface area contributed by atoms with Crippen molar-refractivity contribution in [1.29, 1.82) is 0 Å². The predicted molar refractivity (Wildman–Crippen MR) is 49.5 cm³/mol. The molecule has 3 heteroatoms. The first kappa shape index (κ1) is 8.84. The number of nitrogens with one attached hydrogen (secondary N) is 1. The Labute approximate surface area is 72.5 Å². The van der Waals surface area contributed by atoms with Gasteiger partial charge in [-0.05, 0) is 26.0 Å². The van der Waals surface area contributed by atoms with Crippen molar-refractivity contribution in [3.8, 4) is 0 Å². The summed E-state index contributed by atoms with van der Waals surface area (Å²) in [5.74, 6) is 1.64. The van der Waals surface area contributed by atoms with Gasteiger partial charge in [-0.3, -0.25) is 4.99 Å². The zero-order chi connectivity index (χ0) is 8.81. The maximum Gasteiger partial charge on any atom is 0.168 e. The van der Waals surface area contributed by atoms with Crippen molar-refractivity contribution in [3.63, 3.8) is 0 Å². The number of hydrogen-bond acceptors (Lipinski definition) is 2. The van der Waals surface area contributed by atoms with Gasteiger partial charge >= 0.3 is 0 Å². The molecule has 1 N–H and O–H groups in total. The van der Waals surface area contributed by atoms with E-state index in [2.05, 4.69) is 10.3 Å². The lowest BCUT2D eigenvalue weighted by Gasteiger charge is -2.03. The molecule has 0 unspecified atom stereocenters. The minimum absolute atomic E-state index is 0.767. The van der Waals surface area contributed by atoms with Gasteiger partial charge < -0.3 is 9.73 Å². The molecule has 66 valence electrons. The third-order valence-corrected chi connectivity index (χ3v) is 1.42. The van der Waals surface area contributed by atoms with Crippen LogP contribution >= 0.6 is 0 Å². The van der Waals surface area contributed by atoms with Gasteiger partial charge in [-0.1, -0.05) is 0 Å². The molecule has 0 amide bonds. The second kappa shape index (κ2) is 4.59. The number of amidine groups is 1. The van der Waals surface area contributed by atoms with Crippen LogP contribution in [0.1, 0.15) is 19.6 Å². The highest BCUT2D eigenvalue weighted by molar-refractivity contribution is 5.96. The van der Waals surface area contributed by atoms with Crippen molar-refractivity contribution in [2.45, 2.75) is 13.8 Å². The summed E-state index contributed by atoms with van der Waals surface area (Å²) in [5.41, 5.74) is 0. The van der Waals surface area contributed by atoms with E-state index in [4.69, 9.17) is 4.42 Å². The smallest absolute Gasteiger partial charge is 0.168 e. The third-order valence-electron chi connectivity index (χ3n) is 1.42. The molecule has 0 radical (unpaired) electrons. The summed E-state index contributed by atoms with van der Waals surface area (Å²) in [6, 6.07) is 3.76. The first-order valence-electron chi connectivity index (χ1n) is 4.20. The zero-order valence-corrected chi connectivity index (χ0v) is 7.50. The molecule has 0 bridgehead atoms. The van der Waals surface area contributed by atoms with Gasteiger partial charge in [0, 0.05) is 13.1 Å². The van der Waals surface area contributed by atoms with Gasteiger partial charge in [0.25, 0.3) is 0 Å². The molecule has 0 saturated carbocycles. The molecule has 0 aliphatic rings. The first-order chi connectivity index (χ1) is 5.88. The number of furan rings is 1. The molecule has 0 saturated heterocycles.